The van der Waals surface area contributed by atoms with E-state index in [4.69, 9.17) is 6.42 Å². The second kappa shape index (κ2) is 5.32. The molecule has 3 fully saturated rings. The second-order valence-electron chi connectivity index (χ2n) is 9.02. The maximum Gasteiger partial charge on any atom is 0.158 e. The van der Waals surface area contributed by atoms with Crippen molar-refractivity contribution >= 4 is 11.6 Å². The van der Waals surface area contributed by atoms with Gasteiger partial charge in [0.1, 0.15) is 5.78 Å². The van der Waals surface area contributed by atoms with Crippen LogP contribution < -0.4 is 0 Å². The van der Waals surface area contributed by atoms with Gasteiger partial charge in [-0.25, -0.2) is 0 Å². The maximum atomic E-state index is 12.5. The van der Waals surface area contributed by atoms with Crippen LogP contribution in [0.1, 0.15) is 65.2 Å². The third kappa shape index (κ3) is 1.97. The molecule has 0 aromatic rings. The van der Waals surface area contributed by atoms with Crippen LogP contribution in [0.2, 0.25) is 0 Å². The second-order valence-corrected chi connectivity index (χ2v) is 9.02. The van der Waals surface area contributed by atoms with Crippen molar-refractivity contribution < 1.29 is 9.59 Å². The number of fused-ring (bicyclic) bond motifs is 5. The number of rotatable bonds is 1. The number of allylic oxidation sites excluding steroid dienone is 2. The van der Waals surface area contributed by atoms with E-state index >= 15 is 0 Å². The van der Waals surface area contributed by atoms with E-state index in [-0.39, 0.29) is 10.8 Å². The van der Waals surface area contributed by atoms with Crippen LogP contribution in [0.3, 0.4) is 0 Å². The third-order valence-corrected chi connectivity index (χ3v) is 8.21. The zero-order chi connectivity index (χ0) is 17.1. The van der Waals surface area contributed by atoms with E-state index in [1.807, 2.05) is 6.92 Å². The first-order valence-electron chi connectivity index (χ1n) is 9.62. The van der Waals surface area contributed by atoms with Gasteiger partial charge in [0.25, 0.3) is 0 Å². The van der Waals surface area contributed by atoms with Gasteiger partial charge >= 0.3 is 0 Å². The van der Waals surface area contributed by atoms with Crippen LogP contribution >= 0.6 is 0 Å². The first-order chi connectivity index (χ1) is 11.4. The van der Waals surface area contributed by atoms with Gasteiger partial charge in [-0.15, -0.1) is 12.3 Å². The Balaban J connectivity index is 1.76. The fourth-order valence-corrected chi connectivity index (χ4v) is 6.98. The smallest absolute Gasteiger partial charge is 0.158 e. The molecule has 4 aliphatic carbocycles. The van der Waals surface area contributed by atoms with Crippen LogP contribution in [-0.4, -0.2) is 11.6 Å². The summed E-state index contributed by atoms with van der Waals surface area (Å²) in [5.41, 5.74) is 0.829. The fourth-order valence-electron chi connectivity index (χ4n) is 6.98. The Morgan fingerprint density at radius 2 is 2.00 bits per heavy atom. The molecule has 3 saturated carbocycles. The SMILES string of the molecule is C#CCC12C=C(C)C(=O)CC1CC[C@@H]1[C@@H]2CC[C@]2(C)C(=O)CC[C@@H]12. The molecule has 0 radical (unpaired) electrons. The molecule has 0 aromatic carbocycles. The van der Waals surface area contributed by atoms with Crippen molar-refractivity contribution in [3.63, 3.8) is 0 Å². The summed E-state index contributed by atoms with van der Waals surface area (Å²) >= 11 is 0. The largest absolute Gasteiger partial charge is 0.299 e. The predicted molar refractivity (Wildman–Crippen MR) is 94.0 cm³/mol. The third-order valence-electron chi connectivity index (χ3n) is 8.21. The Labute approximate surface area is 145 Å². The summed E-state index contributed by atoms with van der Waals surface area (Å²) in [6, 6.07) is 0. The van der Waals surface area contributed by atoms with Crippen LogP contribution in [0, 0.1) is 46.8 Å². The molecule has 4 rings (SSSR count). The highest BCUT2D eigenvalue weighted by Crippen LogP contribution is 2.65. The van der Waals surface area contributed by atoms with Gasteiger partial charge in [-0.2, -0.15) is 0 Å². The average molecular weight is 324 g/mol. The minimum absolute atomic E-state index is 0.00261. The van der Waals surface area contributed by atoms with Gasteiger partial charge in [0.05, 0.1) is 0 Å². The molecule has 2 nitrogen and oxygen atoms in total. The molecule has 6 atom stereocenters. The van der Waals surface area contributed by atoms with E-state index in [2.05, 4.69) is 18.9 Å². The van der Waals surface area contributed by atoms with Gasteiger partial charge in [0.15, 0.2) is 5.78 Å². The first kappa shape index (κ1) is 16.1. The predicted octanol–water partition coefficient (Wildman–Crippen LogP) is 4.34. The van der Waals surface area contributed by atoms with Crippen molar-refractivity contribution in [3.05, 3.63) is 11.6 Å². The molecule has 0 heterocycles. The summed E-state index contributed by atoms with van der Waals surface area (Å²) in [5, 5.41) is 0. The van der Waals surface area contributed by atoms with Crippen LogP contribution in [0.25, 0.3) is 0 Å². The Morgan fingerprint density at radius 1 is 1.21 bits per heavy atom. The van der Waals surface area contributed by atoms with Crippen LogP contribution in [0.5, 0.6) is 0 Å². The number of carbonyl (C=O) groups is 2. The van der Waals surface area contributed by atoms with Gasteiger partial charge in [-0.05, 0) is 68.3 Å². The highest BCUT2D eigenvalue weighted by Gasteiger charge is 2.60. The Bertz CT molecular complexity index is 666. The molecule has 0 spiro atoms. The van der Waals surface area contributed by atoms with Crippen molar-refractivity contribution in [2.75, 3.05) is 0 Å². The highest BCUT2D eigenvalue weighted by atomic mass is 16.1. The van der Waals surface area contributed by atoms with E-state index in [1.54, 1.807) is 0 Å². The molecule has 4 aliphatic rings. The molecular formula is C22H28O2. The van der Waals surface area contributed by atoms with E-state index in [0.717, 1.165) is 44.1 Å². The Kier molecular flexibility index (Phi) is 3.57. The normalized spacial score (nSPS) is 47.3. The topological polar surface area (TPSA) is 34.1 Å². The summed E-state index contributed by atoms with van der Waals surface area (Å²) in [4.78, 5) is 24.8. The van der Waals surface area contributed by atoms with Gasteiger partial charge in [-0.3, -0.25) is 9.59 Å². The summed E-state index contributed by atoms with van der Waals surface area (Å²) in [6.45, 7) is 4.18. The molecule has 0 bridgehead atoms. The molecule has 2 unspecified atom stereocenters. The van der Waals surface area contributed by atoms with Crippen molar-refractivity contribution in [2.24, 2.45) is 34.5 Å². The van der Waals surface area contributed by atoms with Crippen molar-refractivity contribution in [1.29, 1.82) is 0 Å². The molecule has 0 N–H and O–H groups in total. The molecule has 0 saturated heterocycles. The fraction of sp³-hybridized carbons (Fsp3) is 0.727. The lowest BCUT2D eigenvalue weighted by atomic mass is 9.45. The lowest BCUT2D eigenvalue weighted by molar-refractivity contribution is -0.136. The average Bonchev–Trinajstić information content (AvgIpc) is 2.85. The molecule has 2 heteroatoms. The minimum Gasteiger partial charge on any atom is -0.299 e. The van der Waals surface area contributed by atoms with Crippen LogP contribution in [-0.2, 0) is 9.59 Å². The zero-order valence-corrected chi connectivity index (χ0v) is 14.9. The van der Waals surface area contributed by atoms with Crippen LogP contribution in [0.4, 0.5) is 0 Å². The monoisotopic (exact) mass is 324 g/mol. The van der Waals surface area contributed by atoms with E-state index in [0.29, 0.717) is 41.7 Å². The van der Waals surface area contributed by atoms with E-state index < -0.39 is 0 Å². The molecule has 0 aliphatic heterocycles. The minimum atomic E-state index is -0.0887. The van der Waals surface area contributed by atoms with Gasteiger partial charge in [0, 0.05) is 30.1 Å². The highest BCUT2D eigenvalue weighted by molar-refractivity contribution is 5.96. The Morgan fingerprint density at radius 3 is 2.75 bits per heavy atom. The summed E-state index contributed by atoms with van der Waals surface area (Å²) < 4.78 is 0. The molecule has 24 heavy (non-hydrogen) atoms. The number of Topliss-reactive ketones (excluding diaryl/α,β-unsaturated/α-hetero) is 2. The quantitative estimate of drug-likeness (QED) is 0.673. The lowest BCUT2D eigenvalue weighted by Crippen LogP contribution is -2.53. The number of hydrogen-bond acceptors (Lipinski definition) is 2. The number of carbonyl (C=O) groups excluding carboxylic acids is 2. The van der Waals surface area contributed by atoms with Crippen molar-refractivity contribution in [2.45, 2.75) is 65.2 Å². The maximum absolute atomic E-state index is 12.5. The van der Waals surface area contributed by atoms with Gasteiger partial charge in [0.2, 0.25) is 0 Å². The molecule has 0 aromatic heterocycles. The lowest BCUT2D eigenvalue weighted by Gasteiger charge is -2.58. The van der Waals surface area contributed by atoms with E-state index in [9.17, 15) is 9.59 Å². The summed E-state index contributed by atoms with van der Waals surface area (Å²) in [6.07, 6.45) is 15.7. The number of hydrogen-bond donors (Lipinski definition) is 0. The standard InChI is InChI=1S/C22H28O2/c1-4-10-22-13-14(2)19(23)12-15(22)5-6-16-17-7-8-20(24)21(17,3)11-9-18(16)22/h1,13,15-18H,5-12H2,2-3H3/t15?,16-,17-,18-,21-,22?/m0/s1. The van der Waals surface area contributed by atoms with E-state index in [1.165, 1.54) is 6.42 Å². The summed E-state index contributed by atoms with van der Waals surface area (Å²) in [7, 11) is 0. The number of terminal acetylenes is 1. The zero-order valence-electron chi connectivity index (χ0n) is 14.9. The Hall–Kier alpha value is -1.36. The van der Waals surface area contributed by atoms with Crippen molar-refractivity contribution in [3.8, 4) is 12.3 Å². The van der Waals surface area contributed by atoms with Crippen molar-refractivity contribution in [1.82, 2.24) is 0 Å². The van der Waals surface area contributed by atoms with Crippen LogP contribution in [0.15, 0.2) is 11.6 Å². The molecular weight excluding hydrogens is 296 g/mol. The van der Waals surface area contributed by atoms with Gasteiger partial charge in [-0.1, -0.05) is 13.0 Å². The summed E-state index contributed by atoms with van der Waals surface area (Å²) in [5.74, 6) is 5.86. The van der Waals surface area contributed by atoms with Gasteiger partial charge < -0.3 is 0 Å². The molecule has 0 amide bonds. The molecule has 128 valence electrons. The number of ketones is 2. The first-order valence-corrected chi connectivity index (χ1v) is 9.62.